The Bertz CT molecular complexity index is 517. The van der Waals surface area contributed by atoms with Crippen molar-refractivity contribution in [2.75, 3.05) is 37.6 Å². The van der Waals surface area contributed by atoms with Gasteiger partial charge in [0.1, 0.15) is 0 Å². The van der Waals surface area contributed by atoms with Crippen molar-refractivity contribution in [2.45, 2.75) is 13.0 Å². The van der Waals surface area contributed by atoms with Gasteiger partial charge in [0.2, 0.25) is 0 Å². The smallest absolute Gasteiger partial charge is 0.185 e. The molecule has 0 spiro atoms. The summed E-state index contributed by atoms with van der Waals surface area (Å²) in [6.07, 6.45) is 2.77. The van der Waals surface area contributed by atoms with Gasteiger partial charge < -0.3 is 10.6 Å². The lowest BCUT2D eigenvalue weighted by Crippen LogP contribution is -2.46. The SMILES string of the molecule is NCCc1nc(CN2CCN(c3nccs3)CC2)cs1. The van der Waals surface area contributed by atoms with Crippen LogP contribution in [0.4, 0.5) is 5.13 Å². The molecule has 0 unspecified atom stereocenters. The second-order valence-electron chi connectivity index (χ2n) is 4.85. The van der Waals surface area contributed by atoms with E-state index in [0.717, 1.165) is 49.3 Å². The van der Waals surface area contributed by atoms with E-state index in [-0.39, 0.29) is 0 Å². The third-order valence-corrected chi connectivity index (χ3v) is 5.19. The van der Waals surface area contributed by atoms with Crippen molar-refractivity contribution in [3.05, 3.63) is 27.7 Å². The van der Waals surface area contributed by atoms with E-state index in [1.807, 2.05) is 11.6 Å². The van der Waals surface area contributed by atoms with Crippen molar-refractivity contribution < 1.29 is 0 Å². The fraction of sp³-hybridized carbons (Fsp3) is 0.538. The Labute approximate surface area is 127 Å². The summed E-state index contributed by atoms with van der Waals surface area (Å²) in [7, 11) is 0. The van der Waals surface area contributed by atoms with E-state index in [0.29, 0.717) is 6.54 Å². The minimum Gasteiger partial charge on any atom is -0.346 e. The van der Waals surface area contributed by atoms with Crippen molar-refractivity contribution in [3.8, 4) is 0 Å². The minimum absolute atomic E-state index is 0.680. The van der Waals surface area contributed by atoms with Gasteiger partial charge in [-0.3, -0.25) is 4.90 Å². The standard InChI is InChI=1S/C13H19N5S2/c14-2-1-12-16-11(10-20-12)9-17-4-6-18(7-5-17)13-15-3-8-19-13/h3,8,10H,1-2,4-7,9,14H2. The van der Waals surface area contributed by atoms with Gasteiger partial charge in [0.25, 0.3) is 0 Å². The van der Waals surface area contributed by atoms with E-state index in [1.54, 1.807) is 22.7 Å². The zero-order chi connectivity index (χ0) is 13.8. The number of nitrogens with two attached hydrogens (primary N) is 1. The quantitative estimate of drug-likeness (QED) is 0.905. The number of anilines is 1. The van der Waals surface area contributed by atoms with Crippen molar-refractivity contribution in [1.82, 2.24) is 14.9 Å². The van der Waals surface area contributed by atoms with Gasteiger partial charge in [0.15, 0.2) is 5.13 Å². The molecule has 1 aliphatic heterocycles. The Morgan fingerprint density at radius 1 is 1.20 bits per heavy atom. The zero-order valence-electron chi connectivity index (χ0n) is 11.4. The molecule has 1 saturated heterocycles. The van der Waals surface area contributed by atoms with Crippen LogP contribution in [0, 0.1) is 0 Å². The third-order valence-electron chi connectivity index (χ3n) is 3.41. The molecule has 0 aromatic carbocycles. The average molecular weight is 309 g/mol. The predicted molar refractivity (Wildman–Crippen MR) is 84.5 cm³/mol. The number of thiazole rings is 2. The molecule has 0 amide bonds. The molecule has 3 heterocycles. The molecule has 0 saturated carbocycles. The third kappa shape index (κ3) is 3.35. The first kappa shape index (κ1) is 13.9. The maximum absolute atomic E-state index is 5.56. The van der Waals surface area contributed by atoms with Crippen LogP contribution in [0.1, 0.15) is 10.7 Å². The number of hydrogen-bond acceptors (Lipinski definition) is 7. The lowest BCUT2D eigenvalue weighted by atomic mass is 10.3. The van der Waals surface area contributed by atoms with E-state index in [4.69, 9.17) is 5.73 Å². The van der Waals surface area contributed by atoms with Crippen LogP contribution in [0.15, 0.2) is 17.0 Å². The second kappa shape index (κ2) is 6.62. The molecular weight excluding hydrogens is 290 g/mol. The summed E-state index contributed by atoms with van der Waals surface area (Å²) in [5, 5.41) is 6.50. The molecule has 0 radical (unpaired) electrons. The van der Waals surface area contributed by atoms with Crippen LogP contribution in [-0.4, -0.2) is 47.6 Å². The highest BCUT2D eigenvalue weighted by atomic mass is 32.1. The topological polar surface area (TPSA) is 58.3 Å². The Morgan fingerprint density at radius 2 is 2.05 bits per heavy atom. The Kier molecular flexibility index (Phi) is 4.62. The fourth-order valence-electron chi connectivity index (χ4n) is 2.36. The Hall–Kier alpha value is -1.02. The minimum atomic E-state index is 0.680. The lowest BCUT2D eigenvalue weighted by molar-refractivity contribution is 0.247. The number of nitrogens with zero attached hydrogens (tertiary/aromatic N) is 4. The molecule has 3 rings (SSSR count). The summed E-state index contributed by atoms with van der Waals surface area (Å²) in [6.45, 7) is 5.87. The summed E-state index contributed by atoms with van der Waals surface area (Å²) < 4.78 is 0. The highest BCUT2D eigenvalue weighted by Crippen LogP contribution is 2.20. The normalized spacial score (nSPS) is 16.8. The molecule has 0 bridgehead atoms. The van der Waals surface area contributed by atoms with Crippen LogP contribution in [-0.2, 0) is 13.0 Å². The van der Waals surface area contributed by atoms with Crippen molar-refractivity contribution in [3.63, 3.8) is 0 Å². The number of rotatable bonds is 5. The largest absolute Gasteiger partial charge is 0.346 e. The maximum Gasteiger partial charge on any atom is 0.185 e. The van der Waals surface area contributed by atoms with Gasteiger partial charge >= 0.3 is 0 Å². The summed E-state index contributed by atoms with van der Waals surface area (Å²) in [6, 6.07) is 0. The molecule has 0 atom stereocenters. The summed E-state index contributed by atoms with van der Waals surface area (Å²) in [4.78, 5) is 13.8. The van der Waals surface area contributed by atoms with E-state index in [1.165, 1.54) is 5.69 Å². The molecule has 108 valence electrons. The van der Waals surface area contributed by atoms with Crippen LogP contribution >= 0.6 is 22.7 Å². The first-order valence-electron chi connectivity index (χ1n) is 6.85. The van der Waals surface area contributed by atoms with Gasteiger partial charge in [-0.25, -0.2) is 9.97 Å². The van der Waals surface area contributed by atoms with Gasteiger partial charge in [-0.05, 0) is 6.54 Å². The second-order valence-corrected chi connectivity index (χ2v) is 6.66. The molecule has 1 fully saturated rings. The molecule has 1 aliphatic rings. The Morgan fingerprint density at radius 3 is 2.75 bits per heavy atom. The van der Waals surface area contributed by atoms with Gasteiger partial charge in [0, 0.05) is 56.1 Å². The summed E-state index contributed by atoms with van der Waals surface area (Å²) >= 11 is 3.44. The van der Waals surface area contributed by atoms with Gasteiger partial charge in [-0.2, -0.15) is 0 Å². The molecule has 0 aliphatic carbocycles. The van der Waals surface area contributed by atoms with Crippen LogP contribution in [0.3, 0.4) is 0 Å². The summed E-state index contributed by atoms with van der Waals surface area (Å²) in [5.74, 6) is 0. The molecule has 2 aromatic rings. The highest BCUT2D eigenvalue weighted by Gasteiger charge is 2.19. The molecular formula is C13H19N5S2. The van der Waals surface area contributed by atoms with Crippen molar-refractivity contribution in [2.24, 2.45) is 5.73 Å². The summed E-state index contributed by atoms with van der Waals surface area (Å²) in [5.41, 5.74) is 6.74. The molecule has 7 heteroatoms. The molecule has 2 N–H and O–H groups in total. The Balaban J connectivity index is 1.50. The van der Waals surface area contributed by atoms with Crippen LogP contribution in [0.5, 0.6) is 0 Å². The van der Waals surface area contributed by atoms with E-state index >= 15 is 0 Å². The molecule has 5 nitrogen and oxygen atoms in total. The zero-order valence-corrected chi connectivity index (χ0v) is 13.0. The molecule has 20 heavy (non-hydrogen) atoms. The fourth-order valence-corrected chi connectivity index (χ4v) is 3.86. The predicted octanol–water partition coefficient (Wildman–Crippen LogP) is 1.42. The van der Waals surface area contributed by atoms with Crippen LogP contribution < -0.4 is 10.6 Å². The van der Waals surface area contributed by atoms with Gasteiger partial charge in [-0.15, -0.1) is 22.7 Å². The first-order valence-corrected chi connectivity index (χ1v) is 8.61. The van der Waals surface area contributed by atoms with Crippen LogP contribution in [0.25, 0.3) is 0 Å². The number of aromatic nitrogens is 2. The number of piperazine rings is 1. The average Bonchev–Trinajstić information content (AvgIpc) is 3.12. The molecule has 2 aromatic heterocycles. The van der Waals surface area contributed by atoms with Crippen molar-refractivity contribution >= 4 is 27.8 Å². The number of hydrogen-bond donors (Lipinski definition) is 1. The van der Waals surface area contributed by atoms with Crippen LogP contribution in [0.2, 0.25) is 0 Å². The van der Waals surface area contributed by atoms with E-state index in [9.17, 15) is 0 Å². The van der Waals surface area contributed by atoms with E-state index in [2.05, 4.69) is 25.1 Å². The van der Waals surface area contributed by atoms with E-state index < -0.39 is 0 Å². The first-order chi connectivity index (χ1) is 9.85. The maximum atomic E-state index is 5.56. The van der Waals surface area contributed by atoms with Gasteiger partial charge in [0.05, 0.1) is 10.7 Å². The highest BCUT2D eigenvalue weighted by molar-refractivity contribution is 7.13. The van der Waals surface area contributed by atoms with Crippen molar-refractivity contribution in [1.29, 1.82) is 0 Å². The lowest BCUT2D eigenvalue weighted by Gasteiger charge is -2.34. The van der Waals surface area contributed by atoms with Gasteiger partial charge in [-0.1, -0.05) is 0 Å². The monoisotopic (exact) mass is 309 g/mol.